The molecule has 1 aliphatic rings. The Hall–Kier alpha value is -0.780. The van der Waals surface area contributed by atoms with E-state index in [0.29, 0.717) is 12.5 Å². The minimum atomic E-state index is -4.34. The largest absolute Gasteiger partial charge is 0.392 e. The topological polar surface area (TPSA) is 55.1 Å². The van der Waals surface area contributed by atoms with Gasteiger partial charge in [0.15, 0.2) is 0 Å². The summed E-state index contributed by atoms with van der Waals surface area (Å²) < 4.78 is 37.7. The van der Waals surface area contributed by atoms with Crippen LogP contribution in [0.1, 0.15) is 38.5 Å². The Balaban J connectivity index is 2.31. The van der Waals surface area contributed by atoms with Crippen molar-refractivity contribution in [1.29, 1.82) is 0 Å². The van der Waals surface area contributed by atoms with Gasteiger partial charge in [0.2, 0.25) is 5.91 Å². The van der Waals surface area contributed by atoms with Gasteiger partial charge >= 0.3 is 6.18 Å². The number of alkyl halides is 3. The third-order valence-electron chi connectivity index (χ3n) is 3.47. The fraction of sp³-hybridized carbons (Fsp3) is 0.917. The van der Waals surface area contributed by atoms with Crippen molar-refractivity contribution in [1.82, 2.24) is 5.32 Å². The zero-order chi connectivity index (χ0) is 13.6. The molecule has 1 fully saturated rings. The first-order valence-corrected chi connectivity index (χ1v) is 6.47. The van der Waals surface area contributed by atoms with Crippen LogP contribution in [-0.4, -0.2) is 25.2 Å². The molecule has 0 saturated heterocycles. The Kier molecular flexibility index (Phi) is 5.91. The third kappa shape index (κ3) is 5.25. The van der Waals surface area contributed by atoms with Gasteiger partial charge in [0.05, 0.1) is 5.92 Å². The highest BCUT2D eigenvalue weighted by Gasteiger charge is 2.40. The van der Waals surface area contributed by atoms with Crippen LogP contribution in [0.25, 0.3) is 0 Å². The molecule has 0 spiro atoms. The average molecular weight is 266 g/mol. The van der Waals surface area contributed by atoms with Crippen LogP contribution in [0.15, 0.2) is 0 Å². The Morgan fingerprint density at radius 2 is 1.94 bits per heavy atom. The average Bonchev–Trinajstić information content (AvgIpc) is 2.77. The minimum absolute atomic E-state index is 0.0555. The first-order valence-electron chi connectivity index (χ1n) is 6.47. The lowest BCUT2D eigenvalue weighted by Gasteiger charge is -2.19. The smallest absolute Gasteiger partial charge is 0.356 e. The summed E-state index contributed by atoms with van der Waals surface area (Å²) >= 11 is 0. The number of amides is 1. The lowest BCUT2D eigenvalue weighted by atomic mass is 10.00. The highest BCUT2D eigenvalue weighted by Crippen LogP contribution is 2.31. The van der Waals surface area contributed by atoms with Crippen LogP contribution in [-0.2, 0) is 4.79 Å². The number of nitrogens with one attached hydrogen (secondary N) is 1. The minimum Gasteiger partial charge on any atom is -0.356 e. The van der Waals surface area contributed by atoms with Crippen LogP contribution in [0.2, 0.25) is 0 Å². The normalized spacial score (nSPS) is 18.9. The Bertz CT molecular complexity index is 263. The van der Waals surface area contributed by atoms with E-state index in [1.165, 1.54) is 0 Å². The van der Waals surface area contributed by atoms with E-state index in [4.69, 9.17) is 5.73 Å². The highest BCUT2D eigenvalue weighted by molar-refractivity contribution is 5.76. The number of hydrogen-bond donors (Lipinski definition) is 2. The Labute approximate surface area is 105 Å². The van der Waals surface area contributed by atoms with E-state index in [-0.39, 0.29) is 13.0 Å². The molecule has 0 aromatic heterocycles. The van der Waals surface area contributed by atoms with Crippen LogP contribution in [0, 0.1) is 11.8 Å². The monoisotopic (exact) mass is 266 g/mol. The predicted octanol–water partition coefficient (Wildman–Crippen LogP) is 2.21. The van der Waals surface area contributed by atoms with E-state index in [1.807, 2.05) is 0 Å². The summed E-state index contributed by atoms with van der Waals surface area (Å²) in [6.07, 6.45) is -0.618. The molecule has 0 aromatic rings. The van der Waals surface area contributed by atoms with Gasteiger partial charge in [0.25, 0.3) is 0 Å². The molecule has 18 heavy (non-hydrogen) atoms. The van der Waals surface area contributed by atoms with Crippen molar-refractivity contribution < 1.29 is 18.0 Å². The van der Waals surface area contributed by atoms with E-state index in [1.54, 1.807) is 0 Å². The maximum Gasteiger partial charge on any atom is 0.392 e. The maximum absolute atomic E-state index is 12.6. The maximum atomic E-state index is 12.6. The summed E-state index contributed by atoms with van der Waals surface area (Å²) in [5, 5.41) is 2.61. The first kappa shape index (κ1) is 15.3. The van der Waals surface area contributed by atoms with Gasteiger partial charge in [0, 0.05) is 13.0 Å². The van der Waals surface area contributed by atoms with Crippen LogP contribution >= 0.6 is 0 Å². The summed E-state index contributed by atoms with van der Waals surface area (Å²) in [5.74, 6) is -1.70. The second kappa shape index (κ2) is 6.97. The van der Waals surface area contributed by atoms with Crippen molar-refractivity contribution >= 4 is 5.91 Å². The molecule has 1 unspecified atom stereocenters. The summed E-state index contributed by atoms with van der Waals surface area (Å²) in [6.45, 7) is 0.451. The van der Waals surface area contributed by atoms with E-state index in [0.717, 1.165) is 25.7 Å². The second-order valence-electron chi connectivity index (χ2n) is 4.97. The molecule has 6 heteroatoms. The standard InChI is InChI=1S/C12H21F3N2O/c13-12(14,15)10(5-6-16)7-11(18)17-8-9-3-1-2-4-9/h9-10H,1-8,16H2,(H,17,18). The molecule has 1 amide bonds. The van der Waals surface area contributed by atoms with Gasteiger partial charge in [-0.2, -0.15) is 13.2 Å². The zero-order valence-electron chi connectivity index (χ0n) is 10.4. The van der Waals surface area contributed by atoms with Gasteiger partial charge in [-0.25, -0.2) is 0 Å². The van der Waals surface area contributed by atoms with E-state index in [9.17, 15) is 18.0 Å². The van der Waals surface area contributed by atoms with Crippen LogP contribution in [0.4, 0.5) is 13.2 Å². The number of rotatable bonds is 6. The van der Waals surface area contributed by atoms with Gasteiger partial charge in [-0.05, 0) is 31.7 Å². The fourth-order valence-electron chi connectivity index (χ4n) is 2.35. The molecule has 0 aliphatic heterocycles. The van der Waals surface area contributed by atoms with Crippen molar-refractivity contribution in [3.63, 3.8) is 0 Å². The summed E-state index contributed by atoms with van der Waals surface area (Å²) in [4.78, 5) is 11.5. The van der Waals surface area contributed by atoms with E-state index in [2.05, 4.69) is 5.32 Å². The summed E-state index contributed by atoms with van der Waals surface area (Å²) in [7, 11) is 0. The molecule has 3 N–H and O–H groups in total. The molecular formula is C12H21F3N2O. The molecule has 0 aromatic carbocycles. The quantitative estimate of drug-likeness (QED) is 0.774. The third-order valence-corrected chi connectivity index (χ3v) is 3.47. The van der Waals surface area contributed by atoms with Gasteiger partial charge in [-0.15, -0.1) is 0 Å². The molecule has 1 rings (SSSR count). The Morgan fingerprint density at radius 3 is 2.44 bits per heavy atom. The van der Waals surface area contributed by atoms with Crippen molar-refractivity contribution in [2.24, 2.45) is 17.6 Å². The van der Waals surface area contributed by atoms with Crippen molar-refractivity contribution in [3.05, 3.63) is 0 Å². The molecule has 1 aliphatic carbocycles. The lowest BCUT2D eigenvalue weighted by Crippen LogP contribution is -2.34. The molecule has 1 saturated carbocycles. The van der Waals surface area contributed by atoms with E-state index >= 15 is 0 Å². The van der Waals surface area contributed by atoms with Crippen molar-refractivity contribution in [2.75, 3.05) is 13.1 Å². The van der Waals surface area contributed by atoms with Crippen LogP contribution in [0.3, 0.4) is 0 Å². The number of carbonyl (C=O) groups is 1. The fourth-order valence-corrected chi connectivity index (χ4v) is 2.35. The molecule has 3 nitrogen and oxygen atoms in total. The van der Waals surface area contributed by atoms with Crippen LogP contribution in [0.5, 0.6) is 0 Å². The van der Waals surface area contributed by atoms with E-state index < -0.39 is 24.4 Å². The van der Waals surface area contributed by atoms with Crippen LogP contribution < -0.4 is 11.1 Å². The van der Waals surface area contributed by atoms with Gasteiger partial charge in [-0.1, -0.05) is 12.8 Å². The van der Waals surface area contributed by atoms with Crippen molar-refractivity contribution in [3.8, 4) is 0 Å². The first-order chi connectivity index (χ1) is 8.43. The number of hydrogen-bond acceptors (Lipinski definition) is 2. The molecule has 0 bridgehead atoms. The molecule has 0 radical (unpaired) electrons. The number of carbonyl (C=O) groups excluding carboxylic acids is 1. The molecule has 1 atom stereocenters. The molecule has 0 heterocycles. The number of nitrogens with two attached hydrogens (primary N) is 1. The zero-order valence-corrected chi connectivity index (χ0v) is 10.4. The lowest BCUT2D eigenvalue weighted by molar-refractivity contribution is -0.180. The van der Waals surface area contributed by atoms with Gasteiger partial charge in [0.1, 0.15) is 0 Å². The summed E-state index contributed by atoms with van der Waals surface area (Å²) in [5.41, 5.74) is 5.14. The van der Waals surface area contributed by atoms with Gasteiger partial charge < -0.3 is 11.1 Å². The SMILES string of the molecule is NCCC(CC(=O)NCC1CCCC1)C(F)(F)F. The van der Waals surface area contributed by atoms with Crippen molar-refractivity contribution in [2.45, 2.75) is 44.7 Å². The Morgan fingerprint density at radius 1 is 1.33 bits per heavy atom. The molecule has 106 valence electrons. The summed E-state index contributed by atoms with van der Waals surface area (Å²) in [6, 6.07) is 0. The number of halogens is 3. The predicted molar refractivity (Wildman–Crippen MR) is 62.8 cm³/mol. The highest BCUT2D eigenvalue weighted by atomic mass is 19.4. The molecular weight excluding hydrogens is 245 g/mol. The second-order valence-corrected chi connectivity index (χ2v) is 4.97. The van der Waals surface area contributed by atoms with Gasteiger partial charge in [-0.3, -0.25) is 4.79 Å².